The van der Waals surface area contributed by atoms with E-state index in [0.29, 0.717) is 0 Å². The molecule has 0 amide bonds. The molecule has 1 aliphatic rings. The summed E-state index contributed by atoms with van der Waals surface area (Å²) < 4.78 is 0. The van der Waals surface area contributed by atoms with Crippen LogP contribution in [0.5, 0.6) is 0 Å². The van der Waals surface area contributed by atoms with E-state index in [9.17, 15) is 0 Å². The summed E-state index contributed by atoms with van der Waals surface area (Å²) >= 11 is 0. The number of fused-ring (bicyclic) bond motifs is 1. The van der Waals surface area contributed by atoms with E-state index in [0.717, 1.165) is 0 Å². The van der Waals surface area contributed by atoms with E-state index in [4.69, 9.17) is 0 Å². The topological polar surface area (TPSA) is 28.7 Å². The zero-order valence-electron chi connectivity index (χ0n) is 5.35. The van der Waals surface area contributed by atoms with Crippen molar-refractivity contribution in [2.75, 3.05) is 0 Å². The first-order valence-corrected chi connectivity index (χ1v) is 3.48. The maximum Gasteiger partial charge on any atom is 0.0925 e. The number of H-pyrrole nitrogens is 1. The van der Waals surface area contributed by atoms with Gasteiger partial charge in [0.2, 0.25) is 0 Å². The largest absolute Gasteiger partial charge is 0.348 e. The van der Waals surface area contributed by atoms with Crippen LogP contribution in [0.25, 0.3) is 0 Å². The Morgan fingerprint density at radius 2 is 2.33 bits per heavy atom. The highest BCUT2D eigenvalue weighted by molar-refractivity contribution is 5.13. The number of nitrogens with zero attached hydrogens (tertiary/aromatic N) is 1. The number of aromatic amines is 1. The highest BCUT2D eigenvalue weighted by Crippen LogP contribution is 2.16. The van der Waals surface area contributed by atoms with Gasteiger partial charge in [-0.15, -0.1) is 0 Å². The summed E-state index contributed by atoms with van der Waals surface area (Å²) in [6.07, 6.45) is 6.83. The molecule has 1 heterocycles. The van der Waals surface area contributed by atoms with E-state index in [2.05, 4.69) is 9.97 Å². The van der Waals surface area contributed by atoms with Crippen molar-refractivity contribution in [3.05, 3.63) is 17.7 Å². The van der Waals surface area contributed by atoms with Gasteiger partial charge < -0.3 is 4.98 Å². The average molecular weight is 124 g/mol. The molecule has 0 spiro atoms. The van der Waals surface area contributed by atoms with E-state index in [1.54, 1.807) is 6.33 Å². The molecule has 0 unspecified atom stereocenters. The molecule has 50 valence electrons. The van der Waals surface area contributed by atoms with Crippen LogP contribution in [0.4, 0.5) is 0 Å². The van der Waals surface area contributed by atoms with Crippen molar-refractivity contribution in [3.8, 4) is 0 Å². The van der Waals surface area contributed by atoms with Crippen molar-refractivity contribution < 1.29 is 1.43 Å². The Bertz CT molecular complexity index is 187. The predicted octanol–water partition coefficient (Wildman–Crippen LogP) is 1.53. The summed E-state index contributed by atoms with van der Waals surface area (Å²) in [5, 5.41) is 0. The van der Waals surface area contributed by atoms with Crippen molar-refractivity contribution in [1.29, 1.82) is 0 Å². The highest BCUT2D eigenvalue weighted by atomic mass is 14.9. The molecule has 0 aromatic carbocycles. The Morgan fingerprint density at radius 1 is 1.44 bits per heavy atom. The van der Waals surface area contributed by atoms with Crippen LogP contribution in [-0.2, 0) is 12.8 Å². The minimum absolute atomic E-state index is 0. The van der Waals surface area contributed by atoms with Crippen LogP contribution in [0.1, 0.15) is 25.7 Å². The third kappa shape index (κ3) is 0.745. The highest BCUT2D eigenvalue weighted by Gasteiger charge is 2.09. The van der Waals surface area contributed by atoms with Gasteiger partial charge >= 0.3 is 0 Å². The Labute approximate surface area is 55.8 Å². The minimum atomic E-state index is 0. The molecule has 1 aromatic rings. The molecular weight excluding hydrogens is 112 g/mol. The number of nitrogens with one attached hydrogen (secondary N) is 1. The lowest BCUT2D eigenvalue weighted by Gasteiger charge is -2.07. The van der Waals surface area contributed by atoms with Gasteiger partial charge in [0.05, 0.1) is 12.0 Å². The number of aromatic nitrogens is 2. The molecule has 0 atom stereocenters. The quantitative estimate of drug-likeness (QED) is 0.558. The third-order valence-electron chi connectivity index (χ3n) is 1.90. The molecule has 0 saturated carbocycles. The summed E-state index contributed by atoms with van der Waals surface area (Å²) in [5.74, 6) is 0. The molecular formula is C7H12N2. The number of imidazole rings is 1. The molecule has 0 aliphatic heterocycles. The molecule has 1 N–H and O–H groups in total. The monoisotopic (exact) mass is 124 g/mol. The fraction of sp³-hybridized carbons (Fsp3) is 0.571. The zero-order valence-corrected chi connectivity index (χ0v) is 5.35. The predicted molar refractivity (Wildman–Crippen MR) is 37.3 cm³/mol. The van der Waals surface area contributed by atoms with E-state index in [1.807, 2.05) is 0 Å². The van der Waals surface area contributed by atoms with E-state index >= 15 is 0 Å². The molecule has 2 heteroatoms. The Balaban J connectivity index is 0.000000500. The number of hydrogen-bond acceptors (Lipinski definition) is 1. The standard InChI is InChI=1S/C7H10N2.H2/c1-2-4-7-6(3-1)8-5-9-7;/h5H,1-4H2,(H,8,9);1H. The Morgan fingerprint density at radius 3 is 3.22 bits per heavy atom. The van der Waals surface area contributed by atoms with Gasteiger partial charge in [0.25, 0.3) is 0 Å². The second-order valence-electron chi connectivity index (χ2n) is 2.53. The van der Waals surface area contributed by atoms with Gasteiger partial charge in [-0.3, -0.25) is 0 Å². The van der Waals surface area contributed by atoms with Gasteiger partial charge in [-0.25, -0.2) is 4.98 Å². The summed E-state index contributed by atoms with van der Waals surface area (Å²) in [7, 11) is 0. The van der Waals surface area contributed by atoms with Crippen molar-refractivity contribution in [2.24, 2.45) is 0 Å². The fourth-order valence-corrected chi connectivity index (χ4v) is 1.38. The molecule has 2 nitrogen and oxygen atoms in total. The Kier molecular flexibility index (Phi) is 1.04. The SMILES string of the molecule is [HH].c1nc2c([nH]1)CCCC2. The number of hydrogen-bond donors (Lipinski definition) is 1. The third-order valence-corrected chi connectivity index (χ3v) is 1.90. The molecule has 0 bridgehead atoms. The number of rotatable bonds is 0. The van der Waals surface area contributed by atoms with Crippen molar-refractivity contribution in [2.45, 2.75) is 25.7 Å². The van der Waals surface area contributed by atoms with Gasteiger partial charge in [-0.1, -0.05) is 0 Å². The van der Waals surface area contributed by atoms with Gasteiger partial charge in [0, 0.05) is 7.12 Å². The molecule has 0 radical (unpaired) electrons. The minimum Gasteiger partial charge on any atom is -0.348 e. The second-order valence-corrected chi connectivity index (χ2v) is 2.53. The van der Waals surface area contributed by atoms with Crippen LogP contribution >= 0.6 is 0 Å². The van der Waals surface area contributed by atoms with Crippen LogP contribution < -0.4 is 0 Å². The van der Waals surface area contributed by atoms with Gasteiger partial charge in [0.1, 0.15) is 0 Å². The summed E-state index contributed by atoms with van der Waals surface area (Å²) in [6.45, 7) is 0. The smallest absolute Gasteiger partial charge is 0.0925 e. The molecule has 1 aromatic heterocycles. The average Bonchev–Trinajstić information content (AvgIpc) is 2.33. The fourth-order valence-electron chi connectivity index (χ4n) is 1.38. The molecule has 9 heavy (non-hydrogen) atoms. The lowest BCUT2D eigenvalue weighted by Crippen LogP contribution is -2.00. The Hall–Kier alpha value is -0.790. The normalized spacial score (nSPS) is 17.3. The molecule has 0 fully saturated rings. The van der Waals surface area contributed by atoms with Crippen LogP contribution in [0.2, 0.25) is 0 Å². The van der Waals surface area contributed by atoms with Crippen LogP contribution in [0.3, 0.4) is 0 Å². The van der Waals surface area contributed by atoms with Crippen molar-refractivity contribution in [1.82, 2.24) is 9.97 Å². The van der Waals surface area contributed by atoms with Gasteiger partial charge in [-0.2, -0.15) is 0 Å². The van der Waals surface area contributed by atoms with Gasteiger partial charge in [-0.05, 0) is 25.7 Å². The van der Waals surface area contributed by atoms with Gasteiger partial charge in [0.15, 0.2) is 0 Å². The first kappa shape index (κ1) is 5.03. The summed E-state index contributed by atoms with van der Waals surface area (Å²) in [6, 6.07) is 0. The molecule has 0 saturated heterocycles. The van der Waals surface area contributed by atoms with E-state index in [1.165, 1.54) is 37.1 Å². The van der Waals surface area contributed by atoms with Crippen LogP contribution in [-0.4, -0.2) is 9.97 Å². The summed E-state index contributed by atoms with van der Waals surface area (Å²) in [5.41, 5.74) is 2.66. The lowest BCUT2D eigenvalue weighted by atomic mass is 10.0. The lowest BCUT2D eigenvalue weighted by molar-refractivity contribution is 0.667. The second kappa shape index (κ2) is 1.87. The molecule has 1 aliphatic carbocycles. The van der Waals surface area contributed by atoms with Crippen LogP contribution in [0.15, 0.2) is 6.33 Å². The van der Waals surface area contributed by atoms with Crippen LogP contribution in [0, 0.1) is 0 Å². The van der Waals surface area contributed by atoms with E-state index < -0.39 is 0 Å². The van der Waals surface area contributed by atoms with Crippen molar-refractivity contribution in [3.63, 3.8) is 0 Å². The maximum absolute atomic E-state index is 4.20. The zero-order chi connectivity index (χ0) is 6.10. The molecule has 2 rings (SSSR count). The number of aryl methyl sites for hydroxylation is 2. The van der Waals surface area contributed by atoms with Crippen molar-refractivity contribution >= 4 is 0 Å². The maximum atomic E-state index is 4.20. The first-order valence-electron chi connectivity index (χ1n) is 3.48. The summed E-state index contributed by atoms with van der Waals surface area (Å²) in [4.78, 5) is 7.35. The van der Waals surface area contributed by atoms with E-state index in [-0.39, 0.29) is 1.43 Å². The first-order chi connectivity index (χ1) is 4.47.